The number of unbranched alkanes of at least 4 members (excludes halogenated alkanes) is 1. The van der Waals surface area contributed by atoms with Crippen molar-refractivity contribution in [1.82, 2.24) is 0 Å². The number of carbonyl (C=O) groups is 6. The number of hydrogen-bond donors (Lipinski definition) is 3. The molecule has 0 spiro atoms. The minimum absolute atomic E-state index is 0.0309. The molecule has 4 saturated carbocycles. The minimum atomic E-state index is -1.61. The number of aliphatic hydroxyl groups is 3. The average molecular weight is 1640 g/mol. The number of hydrogen-bond acceptors (Lipinski definition) is 24. The van der Waals surface area contributed by atoms with Gasteiger partial charge in [0.25, 0.3) is 0 Å². The molecule has 0 amide bonds. The molecule has 0 bridgehead atoms. The average Bonchev–Trinajstić information content (AvgIpc) is 1.55. The number of ether oxygens (including phenoxy) is 15. The Morgan fingerprint density at radius 2 is 0.983 bits per heavy atom. The fourth-order valence-corrected chi connectivity index (χ4v) is 22.6. The second-order valence-electron chi connectivity index (χ2n) is 36.9. The molecule has 24 nitrogen and oxygen atoms in total. The van der Waals surface area contributed by atoms with E-state index >= 15 is 0 Å². The first-order valence-corrected chi connectivity index (χ1v) is 42.5. The summed E-state index contributed by atoms with van der Waals surface area (Å²) in [4.78, 5) is 83.3. The van der Waals surface area contributed by atoms with Crippen LogP contribution in [-0.2, 0) is 90.2 Å². The van der Waals surface area contributed by atoms with E-state index in [1.807, 2.05) is 75.3 Å². The normalized spacial score (nSPS) is 36.2. The molecule has 0 radical (unpaired) electrons. The quantitative estimate of drug-likeness (QED) is 0.0170. The molecule has 4 heterocycles. The highest BCUT2D eigenvalue weighted by Crippen LogP contribution is 2.73. The molecule has 4 aliphatic heterocycles. The minimum Gasteiger partial charge on any atom is -0.502 e. The van der Waals surface area contributed by atoms with Gasteiger partial charge in [0.05, 0.1) is 95.5 Å². The summed E-state index contributed by atoms with van der Waals surface area (Å²) < 4.78 is 95.4. The Bertz CT molecular complexity index is 3930. The monoisotopic (exact) mass is 1630 g/mol. The van der Waals surface area contributed by atoms with Crippen molar-refractivity contribution in [3.63, 3.8) is 0 Å². The maximum Gasteiger partial charge on any atom is 0.338 e. The molecule has 0 aromatic heterocycles. The van der Waals surface area contributed by atoms with Gasteiger partial charge in [-0.1, -0.05) is 146 Å². The maximum absolute atomic E-state index is 14.5. The van der Waals surface area contributed by atoms with Gasteiger partial charge in [0.1, 0.15) is 36.6 Å². The Hall–Kier alpha value is -6.68. The fourth-order valence-electron chi connectivity index (χ4n) is 22.6. The highest BCUT2D eigenvalue weighted by atomic mass is 16.7. The van der Waals surface area contributed by atoms with Gasteiger partial charge in [-0.05, 0) is 157 Å². The van der Waals surface area contributed by atoms with Crippen LogP contribution in [0.1, 0.15) is 224 Å². The summed E-state index contributed by atoms with van der Waals surface area (Å²) in [7, 11) is 0. The third-order valence-corrected chi connectivity index (χ3v) is 27.4. The van der Waals surface area contributed by atoms with Crippen LogP contribution in [-0.4, -0.2) is 192 Å². The number of esters is 6. The Labute approximate surface area is 693 Å². The summed E-state index contributed by atoms with van der Waals surface area (Å²) in [6, 6.07) is 17.3. The molecule has 3 N–H and O–H groups in total. The van der Waals surface area contributed by atoms with E-state index in [1.165, 1.54) is 26.5 Å². The van der Waals surface area contributed by atoms with Gasteiger partial charge in [-0.15, -0.1) is 0 Å². The summed E-state index contributed by atoms with van der Waals surface area (Å²) >= 11 is 0. The molecule has 6 aliphatic carbocycles. The van der Waals surface area contributed by atoms with E-state index < -0.39 is 196 Å². The van der Waals surface area contributed by atoms with Crippen LogP contribution in [0.15, 0.2) is 121 Å². The fraction of sp³-hybridized carbons (Fsp3) is 0.699. The molecule has 24 heteroatoms. The molecular weight excluding hydrogens is 1500 g/mol. The van der Waals surface area contributed by atoms with E-state index in [-0.39, 0.29) is 43.8 Å². The second-order valence-corrected chi connectivity index (χ2v) is 36.9. The summed E-state index contributed by atoms with van der Waals surface area (Å²) in [5.41, 5.74) is -7.01. The van der Waals surface area contributed by atoms with Gasteiger partial charge in [0, 0.05) is 68.8 Å². The zero-order chi connectivity index (χ0) is 86.2. The summed E-state index contributed by atoms with van der Waals surface area (Å²) in [5, 5.41) is 36.6. The zero-order valence-electron chi connectivity index (χ0n) is 73.0. The van der Waals surface area contributed by atoms with Crippen LogP contribution in [0.4, 0.5) is 0 Å². The summed E-state index contributed by atoms with van der Waals surface area (Å²) in [6.45, 7) is 52.1. The first-order valence-electron chi connectivity index (χ1n) is 42.5. The molecule has 1 unspecified atom stereocenters. The lowest BCUT2D eigenvalue weighted by atomic mass is 9.49. The number of fused-ring (bicyclic) bond motifs is 6. The van der Waals surface area contributed by atoms with Crippen LogP contribution in [0.25, 0.3) is 0 Å². The number of rotatable bonds is 29. The molecular formula is C93H134O24. The molecule has 12 rings (SSSR count). The predicted molar refractivity (Wildman–Crippen MR) is 435 cm³/mol. The van der Waals surface area contributed by atoms with Gasteiger partial charge in [0.2, 0.25) is 0 Å². The van der Waals surface area contributed by atoms with Crippen molar-refractivity contribution in [2.75, 3.05) is 26.4 Å². The Kier molecular flexibility index (Phi) is 28.9. The van der Waals surface area contributed by atoms with Crippen molar-refractivity contribution in [2.45, 2.75) is 318 Å². The first kappa shape index (κ1) is 92.6. The molecule has 4 saturated heterocycles. The summed E-state index contributed by atoms with van der Waals surface area (Å²) in [5.74, 6) is -6.12. The standard InChI is InChI=1S/C46H66O12.C41H56O11.C6H12O/c1-13-20-51-30(9)53-37(26(5)21-25(3)4)42(49)54-32-23-45(43(10,11)50)36(27(32)6)28(7)39-44(12)33(55-35(14-2)56-39)22-34-46(24-52-34,58-29(8)47)38(44)40(45)57-41(48)31-18-16-15-17-19-31;1-11-30-49-28-18-29-41(20-47-29,52-25(7)42)33-35(51-36(44)26-15-13-12-14-16-26)40(38(8,9)46)19-27(48-37(45)32(43)22(4)17-21(2)3)23(5)31(40)24(6)34(50-30)39(28,33)10;1-3-5-6-7-4-2/h14-19,25-26,28,30,32-35,37-40,50H,2,13,20-24H2,1,3-12H3;11-16,21-22,24,27-30,32-35,43,46H,1,17-20H2,2-10H3;4H,2-3,5-6H2,1H3/t26-,28-,30?,32-,33-,34+,35-,37+,38-,39-,40-,44+,45-,46-;22-,24-,27-,28-,29+,30-,32+,33-,34-,35-,39+,40-,41-;/m00./s1. The van der Waals surface area contributed by atoms with Crippen LogP contribution in [0.3, 0.4) is 0 Å². The smallest absolute Gasteiger partial charge is 0.338 e. The van der Waals surface area contributed by atoms with E-state index in [9.17, 15) is 44.1 Å². The van der Waals surface area contributed by atoms with Gasteiger partial charge in [-0.3, -0.25) is 9.59 Å². The van der Waals surface area contributed by atoms with Crippen molar-refractivity contribution in [1.29, 1.82) is 0 Å². The van der Waals surface area contributed by atoms with E-state index in [1.54, 1.807) is 101 Å². The Morgan fingerprint density at radius 3 is 1.33 bits per heavy atom. The third kappa shape index (κ3) is 17.1. The van der Waals surface area contributed by atoms with E-state index in [0.29, 0.717) is 54.9 Å². The topological polar surface area (TPSA) is 302 Å². The lowest BCUT2D eigenvalue weighted by molar-refractivity contribution is -0.391. The van der Waals surface area contributed by atoms with Crippen molar-refractivity contribution in [2.24, 2.45) is 69.0 Å². The molecule has 650 valence electrons. The van der Waals surface area contributed by atoms with E-state index in [2.05, 4.69) is 47.4 Å². The number of carbonyl (C=O) groups excluding carboxylic acids is 6. The molecule has 8 fully saturated rings. The van der Waals surface area contributed by atoms with Crippen molar-refractivity contribution in [3.05, 3.63) is 132 Å². The largest absolute Gasteiger partial charge is 0.502 e. The molecule has 10 aliphatic rings. The van der Waals surface area contributed by atoms with Crippen LogP contribution in [0.2, 0.25) is 0 Å². The van der Waals surface area contributed by atoms with Crippen LogP contribution >= 0.6 is 0 Å². The van der Waals surface area contributed by atoms with E-state index in [0.717, 1.165) is 36.2 Å². The highest BCUT2D eigenvalue weighted by Gasteiger charge is 2.82. The highest BCUT2D eigenvalue weighted by molar-refractivity contribution is 5.90. The van der Waals surface area contributed by atoms with Crippen molar-refractivity contribution < 1.29 is 115 Å². The SMILES string of the molecule is C=COCCCC.C=C[C@H]1O[C@H]2C[C@H]3OC[C@@]3(OC(C)=O)[C@H]3[C@H](OC(=O)c4ccccc4)[C@]4(C(C)(C)O)C[C@H](OC(=O)[C@H](O)[C@@H](C)CC(C)C)C(C)=C4[C@H](C)[C@H](O1)[C@]23C.C=C[C@H]1O[C@H]2C[C@H]3OC[C@@]3(OC(C)=O)[C@H]3[C@H](OC(=O)c4ccccc4)[C@]4(C(C)(C)O)C[C@H](OC(=O)[C@H](OC(C)OCCC)[C@@H](C)CC(C)C)C(C)=C4[C@H](C)[C@H](O1)[C@]23C. The predicted octanol–water partition coefficient (Wildman–Crippen LogP) is 14.4. The first-order chi connectivity index (χ1) is 55.0. The molecule has 2 aromatic rings. The molecule has 117 heavy (non-hydrogen) atoms. The van der Waals surface area contributed by atoms with Crippen molar-refractivity contribution >= 4 is 35.8 Å². The number of aliphatic hydroxyl groups excluding tert-OH is 1. The Morgan fingerprint density at radius 1 is 0.573 bits per heavy atom. The van der Waals surface area contributed by atoms with Crippen LogP contribution < -0.4 is 0 Å². The maximum atomic E-state index is 14.5. The van der Waals surface area contributed by atoms with Crippen LogP contribution in [0, 0.1) is 69.0 Å². The van der Waals surface area contributed by atoms with E-state index in [4.69, 9.17) is 71.1 Å². The van der Waals surface area contributed by atoms with Gasteiger partial charge < -0.3 is 86.4 Å². The second kappa shape index (κ2) is 36.6. The Balaban J connectivity index is 0.000000229. The van der Waals surface area contributed by atoms with Crippen molar-refractivity contribution in [3.8, 4) is 0 Å². The van der Waals surface area contributed by atoms with Gasteiger partial charge in [-0.2, -0.15) is 0 Å². The number of benzene rings is 2. The third-order valence-electron chi connectivity index (χ3n) is 27.4. The molecule has 27 atom stereocenters. The lowest BCUT2D eigenvalue weighted by Crippen LogP contribution is -2.80. The zero-order valence-corrected chi connectivity index (χ0v) is 73.0. The van der Waals surface area contributed by atoms with Crippen LogP contribution in [0.5, 0.6) is 0 Å². The van der Waals surface area contributed by atoms with Gasteiger partial charge in [-0.25, -0.2) is 19.2 Å². The lowest BCUT2D eigenvalue weighted by Gasteiger charge is -2.67. The molecule has 2 aromatic carbocycles. The summed E-state index contributed by atoms with van der Waals surface area (Å²) in [6.07, 6.45) is -2.01. The van der Waals surface area contributed by atoms with Gasteiger partial charge >= 0.3 is 35.8 Å². The van der Waals surface area contributed by atoms with Gasteiger partial charge in [0.15, 0.2) is 42.3 Å².